The van der Waals surface area contributed by atoms with Crippen molar-refractivity contribution < 1.29 is 4.52 Å². The average Bonchev–Trinajstić information content (AvgIpc) is 2.70. The molecule has 0 saturated heterocycles. The van der Waals surface area contributed by atoms with Crippen LogP contribution in [-0.4, -0.2) is 24.2 Å². The Morgan fingerprint density at radius 2 is 2.00 bits per heavy atom. The summed E-state index contributed by atoms with van der Waals surface area (Å²) in [4.78, 5) is 6.04. The minimum absolute atomic E-state index is 0.620. The minimum atomic E-state index is 0.620. The van der Waals surface area contributed by atoms with Crippen LogP contribution in [0.3, 0.4) is 0 Å². The quantitative estimate of drug-likeness (QED) is 0.722. The zero-order chi connectivity index (χ0) is 9.97. The lowest BCUT2D eigenvalue weighted by molar-refractivity contribution is 0.419. The Hall–Kier alpha value is -1.84. The van der Waals surface area contributed by atoms with E-state index in [9.17, 15) is 0 Å². The Bertz CT molecular complexity index is 409. The Balaban J connectivity index is 2.53. The van der Waals surface area contributed by atoms with Crippen molar-refractivity contribution in [1.29, 1.82) is 0 Å². The van der Waals surface area contributed by atoms with Gasteiger partial charge in [-0.1, -0.05) is 17.3 Å². The molecule has 1 heterocycles. The van der Waals surface area contributed by atoms with Crippen LogP contribution in [0.5, 0.6) is 0 Å². The van der Waals surface area contributed by atoms with Crippen LogP contribution in [-0.2, 0) is 0 Å². The molecular weight excluding hydrogens is 178 g/mol. The minimum Gasteiger partial charge on any atom is -0.377 e. The second-order valence-corrected chi connectivity index (χ2v) is 3.17. The van der Waals surface area contributed by atoms with Gasteiger partial charge in [0.25, 0.3) is 0 Å². The molecule has 0 radical (unpaired) electrons. The molecule has 0 N–H and O–H groups in total. The predicted octanol–water partition coefficient (Wildman–Crippen LogP) is 1.80. The Morgan fingerprint density at radius 3 is 2.64 bits per heavy atom. The van der Waals surface area contributed by atoms with Gasteiger partial charge in [-0.2, -0.15) is 4.98 Å². The highest BCUT2D eigenvalue weighted by atomic mass is 16.5. The van der Waals surface area contributed by atoms with E-state index in [1.807, 2.05) is 43.3 Å². The highest BCUT2D eigenvalue weighted by Gasteiger charge is 2.09. The summed E-state index contributed by atoms with van der Waals surface area (Å²) in [5.41, 5.74) is 2.06. The molecular formula is C10H11N3O. The molecule has 0 unspecified atom stereocenters. The number of hydrogen-bond donors (Lipinski definition) is 0. The van der Waals surface area contributed by atoms with Gasteiger partial charge >= 0.3 is 0 Å². The van der Waals surface area contributed by atoms with E-state index in [1.165, 1.54) is 6.39 Å². The maximum Gasteiger partial charge on any atom is 0.214 e. The molecule has 4 heteroatoms. The molecule has 0 spiro atoms. The van der Waals surface area contributed by atoms with Crippen LogP contribution in [0.2, 0.25) is 0 Å². The Kier molecular flexibility index (Phi) is 2.18. The van der Waals surface area contributed by atoms with Crippen molar-refractivity contribution >= 4 is 5.69 Å². The van der Waals surface area contributed by atoms with E-state index in [4.69, 9.17) is 4.52 Å². The largest absolute Gasteiger partial charge is 0.377 e. The summed E-state index contributed by atoms with van der Waals surface area (Å²) in [5.74, 6) is 0.620. The molecule has 0 amide bonds. The molecule has 0 bridgehead atoms. The number of para-hydroxylation sites is 1. The first kappa shape index (κ1) is 8.74. The predicted molar refractivity (Wildman–Crippen MR) is 54.1 cm³/mol. The third kappa shape index (κ3) is 1.46. The van der Waals surface area contributed by atoms with Crippen LogP contribution in [0.15, 0.2) is 35.2 Å². The van der Waals surface area contributed by atoms with Gasteiger partial charge in [-0.15, -0.1) is 0 Å². The van der Waals surface area contributed by atoms with E-state index in [-0.39, 0.29) is 0 Å². The molecule has 4 nitrogen and oxygen atoms in total. The summed E-state index contributed by atoms with van der Waals surface area (Å²) in [6, 6.07) is 7.93. The average molecular weight is 189 g/mol. The molecule has 0 aliphatic rings. The number of hydrogen-bond acceptors (Lipinski definition) is 4. The lowest BCUT2D eigenvalue weighted by atomic mass is 10.1. The number of benzene rings is 1. The highest BCUT2D eigenvalue weighted by molar-refractivity contribution is 5.73. The van der Waals surface area contributed by atoms with E-state index >= 15 is 0 Å². The van der Waals surface area contributed by atoms with E-state index < -0.39 is 0 Å². The van der Waals surface area contributed by atoms with Gasteiger partial charge in [0, 0.05) is 25.3 Å². The lowest BCUT2D eigenvalue weighted by Gasteiger charge is -2.14. The molecule has 0 aliphatic heterocycles. The maximum absolute atomic E-state index is 4.72. The smallest absolute Gasteiger partial charge is 0.214 e. The zero-order valence-electron chi connectivity index (χ0n) is 8.14. The lowest BCUT2D eigenvalue weighted by Crippen LogP contribution is -2.09. The van der Waals surface area contributed by atoms with Crippen LogP contribution in [0.4, 0.5) is 5.69 Å². The molecule has 2 aromatic rings. The molecule has 0 atom stereocenters. The molecule has 2 rings (SSSR count). The van der Waals surface area contributed by atoms with Crippen LogP contribution in [0.25, 0.3) is 11.4 Å². The van der Waals surface area contributed by atoms with Crippen LogP contribution < -0.4 is 4.90 Å². The van der Waals surface area contributed by atoms with Gasteiger partial charge in [0.2, 0.25) is 12.2 Å². The van der Waals surface area contributed by atoms with Gasteiger partial charge in [-0.05, 0) is 12.1 Å². The summed E-state index contributed by atoms with van der Waals surface area (Å²) in [6.45, 7) is 0. The first-order chi connectivity index (χ1) is 6.79. The molecule has 72 valence electrons. The summed E-state index contributed by atoms with van der Waals surface area (Å²) in [7, 11) is 3.97. The highest BCUT2D eigenvalue weighted by Crippen LogP contribution is 2.26. The number of aromatic nitrogens is 2. The molecule has 1 aromatic heterocycles. The zero-order valence-corrected chi connectivity index (χ0v) is 8.14. The monoisotopic (exact) mass is 189 g/mol. The second kappa shape index (κ2) is 3.49. The standard InChI is InChI=1S/C10H11N3O/c1-13(2)9-6-4-3-5-8(9)10-11-7-14-12-10/h3-7H,1-2H3. The van der Waals surface area contributed by atoms with E-state index in [0.717, 1.165) is 11.3 Å². The fourth-order valence-corrected chi connectivity index (χ4v) is 1.34. The summed E-state index contributed by atoms with van der Waals surface area (Å²) >= 11 is 0. The van der Waals surface area contributed by atoms with Gasteiger partial charge < -0.3 is 9.42 Å². The third-order valence-corrected chi connectivity index (χ3v) is 1.99. The van der Waals surface area contributed by atoms with Crippen molar-refractivity contribution in [3.8, 4) is 11.4 Å². The maximum atomic E-state index is 4.72. The first-order valence-corrected chi connectivity index (χ1v) is 4.32. The van der Waals surface area contributed by atoms with Crippen LogP contribution in [0.1, 0.15) is 0 Å². The van der Waals surface area contributed by atoms with E-state index in [0.29, 0.717) is 5.82 Å². The van der Waals surface area contributed by atoms with Gasteiger partial charge in [-0.3, -0.25) is 0 Å². The molecule has 1 aromatic carbocycles. The van der Waals surface area contributed by atoms with Crippen molar-refractivity contribution in [2.24, 2.45) is 0 Å². The second-order valence-electron chi connectivity index (χ2n) is 3.17. The Labute approximate surface area is 82.2 Å². The molecule has 0 aliphatic carbocycles. The van der Waals surface area contributed by atoms with Crippen molar-refractivity contribution in [3.05, 3.63) is 30.7 Å². The van der Waals surface area contributed by atoms with Crippen LogP contribution in [0, 0.1) is 0 Å². The van der Waals surface area contributed by atoms with Gasteiger partial charge in [0.15, 0.2) is 0 Å². The fourth-order valence-electron chi connectivity index (χ4n) is 1.34. The van der Waals surface area contributed by atoms with Crippen LogP contribution >= 0.6 is 0 Å². The summed E-state index contributed by atoms with van der Waals surface area (Å²) in [5, 5.41) is 3.82. The van der Waals surface area contributed by atoms with E-state index in [1.54, 1.807) is 0 Å². The topological polar surface area (TPSA) is 42.2 Å². The Morgan fingerprint density at radius 1 is 1.21 bits per heavy atom. The van der Waals surface area contributed by atoms with Crippen molar-refractivity contribution in [1.82, 2.24) is 10.1 Å². The van der Waals surface area contributed by atoms with Gasteiger partial charge in [-0.25, -0.2) is 0 Å². The molecule has 14 heavy (non-hydrogen) atoms. The summed E-state index contributed by atoms with van der Waals surface area (Å²) in [6.07, 6.45) is 1.34. The SMILES string of the molecule is CN(C)c1ccccc1-c1ncon1. The van der Waals surface area contributed by atoms with E-state index in [2.05, 4.69) is 10.1 Å². The van der Waals surface area contributed by atoms with Crippen molar-refractivity contribution in [3.63, 3.8) is 0 Å². The summed E-state index contributed by atoms with van der Waals surface area (Å²) < 4.78 is 4.72. The van der Waals surface area contributed by atoms with Gasteiger partial charge in [0.05, 0.1) is 0 Å². The molecule has 0 fully saturated rings. The molecule has 0 saturated carbocycles. The fraction of sp³-hybridized carbons (Fsp3) is 0.200. The van der Waals surface area contributed by atoms with Crippen molar-refractivity contribution in [2.45, 2.75) is 0 Å². The third-order valence-electron chi connectivity index (χ3n) is 1.99. The number of rotatable bonds is 2. The van der Waals surface area contributed by atoms with Crippen molar-refractivity contribution in [2.75, 3.05) is 19.0 Å². The number of anilines is 1. The number of nitrogens with zero attached hydrogens (tertiary/aromatic N) is 3. The normalized spacial score (nSPS) is 10.1. The first-order valence-electron chi connectivity index (χ1n) is 4.32. The van der Waals surface area contributed by atoms with Gasteiger partial charge in [0.1, 0.15) is 0 Å².